The fourth-order valence-electron chi connectivity index (χ4n) is 1.17. The molecule has 0 aliphatic heterocycles. The summed E-state index contributed by atoms with van der Waals surface area (Å²) in [5.74, 6) is 0.721. The fourth-order valence-corrected chi connectivity index (χ4v) is 1.69. The molecule has 0 saturated heterocycles. The van der Waals surface area contributed by atoms with Crippen molar-refractivity contribution < 1.29 is 8.97 Å². The summed E-state index contributed by atoms with van der Waals surface area (Å²) in [7, 11) is 0. The van der Waals surface area contributed by atoms with Crippen LogP contribution in [0.3, 0.4) is 0 Å². The van der Waals surface area contributed by atoms with E-state index in [1.807, 2.05) is 24.3 Å². The number of nitrogens with zero attached hydrogens (tertiary/aromatic N) is 1. The Balaban J connectivity index is 2.31. The molecule has 0 saturated carbocycles. The maximum Gasteiger partial charge on any atom is 0.181 e. The minimum atomic E-state index is -0.930. The average molecular weight is 207 g/mol. The Morgan fingerprint density at radius 3 is 2.50 bits per heavy atom. The summed E-state index contributed by atoms with van der Waals surface area (Å²) in [5.41, 5.74) is 0.941. The van der Waals surface area contributed by atoms with Crippen LogP contribution in [0.15, 0.2) is 46.2 Å². The fraction of sp³-hybridized carbons (Fsp3) is 0.100. The summed E-state index contributed by atoms with van der Waals surface area (Å²) >= 11 is -0.930. The molecule has 1 unspecified atom stereocenters. The van der Waals surface area contributed by atoms with Crippen molar-refractivity contribution >= 4 is 11.2 Å². The van der Waals surface area contributed by atoms with Gasteiger partial charge in [-0.2, -0.15) is 0 Å². The molecular weight excluding hydrogens is 198 g/mol. The Hall–Kier alpha value is -1.26. The Labute approximate surface area is 85.0 Å². The largest absolute Gasteiger partial charge is 0.612 e. The van der Waals surface area contributed by atoms with Gasteiger partial charge in [-0.05, 0) is 35.4 Å². The predicted octanol–water partition coefficient (Wildman–Crippen LogP) is 2.08. The lowest BCUT2D eigenvalue weighted by Gasteiger charge is -2.03. The molecule has 1 aromatic heterocycles. The Morgan fingerprint density at radius 2 is 2.00 bits per heavy atom. The van der Waals surface area contributed by atoms with Crippen LogP contribution in [0.1, 0.15) is 0 Å². The topological polar surface area (TPSA) is 49.1 Å². The molecular formula is C10H9NO2S. The van der Waals surface area contributed by atoms with Gasteiger partial charge in [0, 0.05) is 5.56 Å². The highest BCUT2D eigenvalue weighted by Gasteiger charge is 2.05. The van der Waals surface area contributed by atoms with Crippen LogP contribution in [0.5, 0.6) is 0 Å². The number of aromatic nitrogens is 1. The van der Waals surface area contributed by atoms with E-state index in [-0.39, 0.29) is 0 Å². The lowest BCUT2D eigenvalue weighted by Crippen LogP contribution is -1.95. The van der Waals surface area contributed by atoms with Crippen molar-refractivity contribution in [3.63, 3.8) is 0 Å². The molecule has 0 radical (unpaired) electrons. The number of benzene rings is 1. The van der Waals surface area contributed by atoms with Gasteiger partial charge in [0.2, 0.25) is 0 Å². The van der Waals surface area contributed by atoms with Gasteiger partial charge in [-0.1, -0.05) is 0 Å². The minimum Gasteiger partial charge on any atom is -0.612 e. The maximum atomic E-state index is 11.1. The van der Waals surface area contributed by atoms with Crippen molar-refractivity contribution in [2.75, 3.05) is 6.26 Å². The van der Waals surface area contributed by atoms with Crippen LogP contribution in [-0.4, -0.2) is 15.8 Å². The summed E-state index contributed by atoms with van der Waals surface area (Å²) in [5, 5.41) is 0. The molecule has 0 spiro atoms. The third-order valence-corrected chi connectivity index (χ3v) is 2.84. The molecule has 0 aliphatic carbocycles. The minimum absolute atomic E-state index is 0.721. The van der Waals surface area contributed by atoms with E-state index in [2.05, 4.69) is 4.98 Å². The van der Waals surface area contributed by atoms with E-state index < -0.39 is 11.2 Å². The Morgan fingerprint density at radius 1 is 1.29 bits per heavy atom. The molecule has 2 aromatic rings. The third-order valence-electron chi connectivity index (χ3n) is 1.90. The zero-order valence-electron chi connectivity index (χ0n) is 7.64. The summed E-state index contributed by atoms with van der Waals surface area (Å²) in [6.07, 6.45) is 4.70. The van der Waals surface area contributed by atoms with E-state index in [1.54, 1.807) is 12.5 Å². The van der Waals surface area contributed by atoms with E-state index in [9.17, 15) is 4.55 Å². The van der Waals surface area contributed by atoms with E-state index in [4.69, 9.17) is 4.42 Å². The standard InChI is InChI=1S/C10H9NO2S/c1-14(12)9-4-2-8(3-5-9)10-6-11-7-13-10/h2-7H,1H3. The van der Waals surface area contributed by atoms with E-state index in [1.165, 1.54) is 6.39 Å². The molecule has 0 amide bonds. The van der Waals surface area contributed by atoms with E-state index in [0.29, 0.717) is 0 Å². The molecule has 0 N–H and O–H groups in total. The van der Waals surface area contributed by atoms with Crippen molar-refractivity contribution in [1.29, 1.82) is 0 Å². The zero-order valence-corrected chi connectivity index (χ0v) is 8.45. The van der Waals surface area contributed by atoms with Crippen molar-refractivity contribution in [3.8, 4) is 11.3 Å². The summed E-state index contributed by atoms with van der Waals surface area (Å²) in [6, 6.07) is 7.40. The first-order valence-corrected chi connectivity index (χ1v) is 5.65. The van der Waals surface area contributed by atoms with Gasteiger partial charge in [-0.25, -0.2) is 4.98 Å². The normalized spacial score (nSPS) is 12.7. The molecule has 0 bridgehead atoms. The number of hydrogen-bond acceptors (Lipinski definition) is 3. The highest BCUT2D eigenvalue weighted by molar-refractivity contribution is 7.90. The smallest absolute Gasteiger partial charge is 0.181 e. The molecule has 1 heterocycles. The van der Waals surface area contributed by atoms with Crippen LogP contribution in [0.2, 0.25) is 0 Å². The first-order chi connectivity index (χ1) is 6.77. The summed E-state index contributed by atoms with van der Waals surface area (Å²) < 4.78 is 16.3. The SMILES string of the molecule is C[S+]([O-])c1ccc(-c2cnco2)cc1. The highest BCUT2D eigenvalue weighted by atomic mass is 32.2. The molecule has 4 heteroatoms. The van der Waals surface area contributed by atoms with Crippen molar-refractivity contribution in [3.05, 3.63) is 36.9 Å². The summed E-state index contributed by atoms with van der Waals surface area (Å²) in [6.45, 7) is 0. The van der Waals surface area contributed by atoms with Gasteiger partial charge in [-0.15, -0.1) is 0 Å². The van der Waals surface area contributed by atoms with Crippen LogP contribution in [-0.2, 0) is 11.2 Å². The van der Waals surface area contributed by atoms with Gasteiger partial charge in [0.05, 0.1) is 6.20 Å². The number of hydrogen-bond donors (Lipinski definition) is 0. The lowest BCUT2D eigenvalue weighted by molar-refractivity contribution is 0.572. The van der Waals surface area contributed by atoms with Gasteiger partial charge >= 0.3 is 0 Å². The molecule has 0 fully saturated rings. The van der Waals surface area contributed by atoms with Gasteiger partial charge in [0.15, 0.2) is 17.0 Å². The van der Waals surface area contributed by atoms with Crippen LogP contribution >= 0.6 is 0 Å². The molecule has 72 valence electrons. The predicted molar refractivity (Wildman–Crippen MR) is 54.3 cm³/mol. The molecule has 0 aliphatic rings. The lowest BCUT2D eigenvalue weighted by atomic mass is 10.2. The number of rotatable bonds is 2. The van der Waals surface area contributed by atoms with Crippen LogP contribution < -0.4 is 0 Å². The second kappa shape index (κ2) is 3.86. The molecule has 3 nitrogen and oxygen atoms in total. The zero-order chi connectivity index (χ0) is 9.97. The van der Waals surface area contributed by atoms with Crippen molar-refractivity contribution in [2.24, 2.45) is 0 Å². The van der Waals surface area contributed by atoms with E-state index >= 15 is 0 Å². The second-order valence-electron chi connectivity index (χ2n) is 2.84. The Bertz CT molecular complexity index is 395. The van der Waals surface area contributed by atoms with Gasteiger partial charge in [0.25, 0.3) is 0 Å². The molecule has 1 atom stereocenters. The quantitative estimate of drug-likeness (QED) is 0.708. The molecule has 14 heavy (non-hydrogen) atoms. The van der Waals surface area contributed by atoms with E-state index in [0.717, 1.165) is 16.2 Å². The van der Waals surface area contributed by atoms with Gasteiger partial charge in [-0.3, -0.25) is 0 Å². The highest BCUT2D eigenvalue weighted by Crippen LogP contribution is 2.20. The maximum absolute atomic E-state index is 11.1. The van der Waals surface area contributed by atoms with Crippen LogP contribution in [0, 0.1) is 0 Å². The van der Waals surface area contributed by atoms with Crippen molar-refractivity contribution in [1.82, 2.24) is 4.98 Å². The van der Waals surface area contributed by atoms with Crippen LogP contribution in [0.25, 0.3) is 11.3 Å². The second-order valence-corrected chi connectivity index (χ2v) is 4.22. The van der Waals surface area contributed by atoms with Gasteiger partial charge in [0.1, 0.15) is 6.26 Å². The first kappa shape index (κ1) is 9.30. The molecule has 2 rings (SSSR count). The Kier molecular flexibility index (Phi) is 2.56. The first-order valence-electron chi connectivity index (χ1n) is 4.10. The average Bonchev–Trinajstić information content (AvgIpc) is 2.71. The van der Waals surface area contributed by atoms with Crippen molar-refractivity contribution in [2.45, 2.75) is 4.90 Å². The van der Waals surface area contributed by atoms with Crippen LogP contribution in [0.4, 0.5) is 0 Å². The number of oxazole rings is 1. The third kappa shape index (κ3) is 1.81. The molecule has 1 aromatic carbocycles. The monoisotopic (exact) mass is 207 g/mol. The van der Waals surface area contributed by atoms with Gasteiger partial charge < -0.3 is 8.97 Å². The summed E-state index contributed by atoms with van der Waals surface area (Å²) in [4.78, 5) is 4.64.